The van der Waals surface area contributed by atoms with Crippen molar-refractivity contribution in [2.75, 3.05) is 39.2 Å². The molecule has 0 saturated carbocycles. The third-order valence-corrected chi connectivity index (χ3v) is 3.60. The highest BCUT2D eigenvalue weighted by atomic mass is 32.1. The van der Waals surface area contributed by atoms with Crippen LogP contribution in [0.2, 0.25) is 0 Å². The van der Waals surface area contributed by atoms with E-state index in [4.69, 9.17) is 17.0 Å². The maximum absolute atomic E-state index is 11.7. The Morgan fingerprint density at radius 2 is 1.95 bits per heavy atom. The lowest BCUT2D eigenvalue weighted by molar-refractivity contribution is -0.121. The van der Waals surface area contributed by atoms with Crippen LogP contribution in [0.3, 0.4) is 0 Å². The Kier molecular flexibility index (Phi) is 7.84. The second kappa shape index (κ2) is 9.38. The molecular weight excluding hydrogens is 298 g/mol. The SMILES string of the molecule is COCCNC(=O)CN(C)C(=S)Nc1ccc(C(C)C)cc1. The summed E-state index contributed by atoms with van der Waals surface area (Å²) in [4.78, 5) is 13.4. The molecule has 0 aliphatic rings. The maximum Gasteiger partial charge on any atom is 0.239 e. The van der Waals surface area contributed by atoms with Crippen molar-refractivity contribution in [3.05, 3.63) is 29.8 Å². The largest absolute Gasteiger partial charge is 0.383 e. The van der Waals surface area contributed by atoms with Crippen molar-refractivity contribution < 1.29 is 9.53 Å². The minimum Gasteiger partial charge on any atom is -0.383 e. The zero-order valence-corrected chi connectivity index (χ0v) is 14.5. The van der Waals surface area contributed by atoms with Crippen LogP contribution >= 0.6 is 12.2 Å². The molecule has 1 aromatic carbocycles. The maximum atomic E-state index is 11.7. The van der Waals surface area contributed by atoms with Crippen molar-refractivity contribution >= 4 is 28.9 Å². The number of carbonyl (C=O) groups excluding carboxylic acids is 1. The molecule has 0 atom stereocenters. The molecule has 0 saturated heterocycles. The van der Waals surface area contributed by atoms with Crippen LogP contribution in [0.25, 0.3) is 0 Å². The number of methoxy groups -OCH3 is 1. The Labute approximate surface area is 138 Å². The second-order valence-corrected chi connectivity index (χ2v) is 5.79. The van der Waals surface area contributed by atoms with Gasteiger partial charge in [-0.25, -0.2) is 0 Å². The molecule has 0 aromatic heterocycles. The van der Waals surface area contributed by atoms with Gasteiger partial charge in [0.2, 0.25) is 5.91 Å². The van der Waals surface area contributed by atoms with Gasteiger partial charge in [0, 0.05) is 26.4 Å². The third kappa shape index (κ3) is 6.41. The Bertz CT molecular complexity index is 489. The number of nitrogens with zero attached hydrogens (tertiary/aromatic N) is 1. The summed E-state index contributed by atoms with van der Waals surface area (Å²) in [6, 6.07) is 8.14. The summed E-state index contributed by atoms with van der Waals surface area (Å²) in [6.45, 7) is 5.52. The third-order valence-electron chi connectivity index (χ3n) is 3.18. The summed E-state index contributed by atoms with van der Waals surface area (Å²) in [5.74, 6) is 0.415. The molecule has 2 N–H and O–H groups in total. The number of likely N-dealkylation sites (N-methyl/N-ethyl adjacent to an activating group) is 1. The summed E-state index contributed by atoms with van der Waals surface area (Å²) in [5, 5.41) is 6.41. The minimum atomic E-state index is -0.0844. The van der Waals surface area contributed by atoms with E-state index in [2.05, 4.69) is 36.6 Å². The van der Waals surface area contributed by atoms with E-state index in [9.17, 15) is 4.79 Å². The quantitative estimate of drug-likeness (QED) is 0.595. The van der Waals surface area contributed by atoms with Gasteiger partial charge in [-0.1, -0.05) is 26.0 Å². The molecule has 122 valence electrons. The molecule has 6 heteroatoms. The number of carbonyl (C=O) groups is 1. The molecule has 0 unspecified atom stereocenters. The van der Waals surface area contributed by atoms with Gasteiger partial charge in [-0.15, -0.1) is 0 Å². The lowest BCUT2D eigenvalue weighted by atomic mass is 10.0. The van der Waals surface area contributed by atoms with Crippen molar-refractivity contribution in [3.63, 3.8) is 0 Å². The summed E-state index contributed by atoms with van der Waals surface area (Å²) >= 11 is 5.31. The fourth-order valence-corrected chi connectivity index (χ4v) is 1.99. The van der Waals surface area contributed by atoms with Crippen molar-refractivity contribution in [1.29, 1.82) is 0 Å². The van der Waals surface area contributed by atoms with Crippen LogP contribution < -0.4 is 10.6 Å². The summed E-state index contributed by atoms with van der Waals surface area (Å²) in [7, 11) is 3.38. The average molecular weight is 323 g/mol. The fraction of sp³-hybridized carbons (Fsp3) is 0.500. The molecule has 0 heterocycles. The first-order valence-corrected chi connectivity index (χ1v) is 7.72. The molecule has 22 heavy (non-hydrogen) atoms. The summed E-state index contributed by atoms with van der Waals surface area (Å²) in [6.07, 6.45) is 0. The van der Waals surface area contributed by atoms with Crippen LogP contribution in [0.1, 0.15) is 25.3 Å². The van der Waals surface area contributed by atoms with E-state index in [1.165, 1.54) is 5.56 Å². The summed E-state index contributed by atoms with van der Waals surface area (Å²) in [5.41, 5.74) is 2.20. The zero-order valence-electron chi connectivity index (χ0n) is 13.7. The first-order chi connectivity index (χ1) is 10.4. The number of nitrogens with one attached hydrogen (secondary N) is 2. The molecule has 1 rings (SSSR count). The van der Waals surface area contributed by atoms with Crippen LogP contribution in [0, 0.1) is 0 Å². The number of ether oxygens (including phenoxy) is 1. The number of rotatable bonds is 7. The van der Waals surface area contributed by atoms with Crippen LogP contribution in [0.5, 0.6) is 0 Å². The van der Waals surface area contributed by atoms with E-state index in [1.807, 2.05) is 12.1 Å². The van der Waals surface area contributed by atoms with Crippen LogP contribution in [-0.2, 0) is 9.53 Å². The fourth-order valence-electron chi connectivity index (χ4n) is 1.81. The molecule has 0 spiro atoms. The van der Waals surface area contributed by atoms with E-state index in [1.54, 1.807) is 19.1 Å². The van der Waals surface area contributed by atoms with Crippen LogP contribution in [0.4, 0.5) is 5.69 Å². The van der Waals surface area contributed by atoms with Gasteiger partial charge in [0.25, 0.3) is 0 Å². The summed E-state index contributed by atoms with van der Waals surface area (Å²) < 4.78 is 4.88. The minimum absolute atomic E-state index is 0.0844. The van der Waals surface area contributed by atoms with Crippen LogP contribution in [0.15, 0.2) is 24.3 Å². The molecule has 1 amide bonds. The smallest absolute Gasteiger partial charge is 0.239 e. The highest BCUT2D eigenvalue weighted by molar-refractivity contribution is 7.80. The van der Waals surface area contributed by atoms with Gasteiger partial charge < -0.3 is 20.3 Å². The van der Waals surface area contributed by atoms with Crippen molar-refractivity contribution in [1.82, 2.24) is 10.2 Å². The van der Waals surface area contributed by atoms with Gasteiger partial charge in [-0.2, -0.15) is 0 Å². The number of hydrogen-bond acceptors (Lipinski definition) is 3. The van der Waals surface area contributed by atoms with Gasteiger partial charge in [-0.05, 0) is 35.8 Å². The number of amides is 1. The predicted molar refractivity (Wildman–Crippen MR) is 94.3 cm³/mol. The molecular formula is C16H25N3O2S. The lowest BCUT2D eigenvalue weighted by Gasteiger charge is -2.20. The van der Waals surface area contributed by atoms with Crippen molar-refractivity contribution in [2.45, 2.75) is 19.8 Å². The van der Waals surface area contributed by atoms with E-state index in [0.717, 1.165) is 5.69 Å². The molecule has 0 aliphatic carbocycles. The zero-order chi connectivity index (χ0) is 16.5. The van der Waals surface area contributed by atoms with Crippen molar-refractivity contribution in [3.8, 4) is 0 Å². The molecule has 0 fully saturated rings. The highest BCUT2D eigenvalue weighted by Crippen LogP contribution is 2.17. The number of thiocarbonyl (C=S) groups is 1. The Morgan fingerprint density at radius 1 is 1.32 bits per heavy atom. The average Bonchev–Trinajstić information content (AvgIpc) is 2.47. The lowest BCUT2D eigenvalue weighted by Crippen LogP contribution is -2.41. The van der Waals surface area contributed by atoms with Gasteiger partial charge in [0.15, 0.2) is 5.11 Å². The van der Waals surface area contributed by atoms with Gasteiger partial charge in [0.05, 0.1) is 13.2 Å². The number of hydrogen-bond donors (Lipinski definition) is 2. The molecule has 1 aromatic rings. The number of benzene rings is 1. The van der Waals surface area contributed by atoms with E-state index in [0.29, 0.717) is 24.2 Å². The van der Waals surface area contributed by atoms with E-state index in [-0.39, 0.29) is 12.5 Å². The van der Waals surface area contributed by atoms with Gasteiger partial charge >= 0.3 is 0 Å². The predicted octanol–water partition coefficient (Wildman–Crippen LogP) is 2.20. The Balaban J connectivity index is 2.44. The Hall–Kier alpha value is -1.66. The topological polar surface area (TPSA) is 53.6 Å². The molecule has 5 nitrogen and oxygen atoms in total. The van der Waals surface area contributed by atoms with E-state index < -0.39 is 0 Å². The van der Waals surface area contributed by atoms with E-state index >= 15 is 0 Å². The van der Waals surface area contributed by atoms with Crippen LogP contribution in [-0.4, -0.2) is 49.8 Å². The van der Waals surface area contributed by atoms with Crippen molar-refractivity contribution in [2.24, 2.45) is 0 Å². The highest BCUT2D eigenvalue weighted by Gasteiger charge is 2.09. The first-order valence-electron chi connectivity index (χ1n) is 7.31. The molecule has 0 aliphatic heterocycles. The first kappa shape index (κ1) is 18.4. The second-order valence-electron chi connectivity index (χ2n) is 5.41. The standard InChI is InChI=1S/C16H25N3O2S/c1-12(2)13-5-7-14(8-6-13)18-16(22)19(3)11-15(20)17-9-10-21-4/h5-8,12H,9-11H2,1-4H3,(H,17,20)(H,18,22). The normalized spacial score (nSPS) is 10.4. The monoisotopic (exact) mass is 323 g/mol. The van der Waals surface area contributed by atoms with Gasteiger partial charge in [0.1, 0.15) is 0 Å². The van der Waals surface area contributed by atoms with Gasteiger partial charge in [-0.3, -0.25) is 4.79 Å². The molecule has 0 radical (unpaired) electrons. The Morgan fingerprint density at radius 3 is 2.50 bits per heavy atom. The number of anilines is 1. The molecule has 0 bridgehead atoms.